The molecule has 0 radical (unpaired) electrons. The van der Waals surface area contributed by atoms with Crippen LogP contribution in [0.4, 0.5) is 15.8 Å². The van der Waals surface area contributed by atoms with E-state index < -0.39 is 17.6 Å². The molecule has 3 amide bonds. The number of aryl methyl sites for hydroxylation is 1. The Hall–Kier alpha value is -4.73. The predicted octanol–water partition coefficient (Wildman–Crippen LogP) is 3.25. The van der Waals surface area contributed by atoms with E-state index in [1.165, 1.54) is 31.5 Å². The Bertz CT molecular complexity index is 1240. The van der Waals surface area contributed by atoms with E-state index in [-0.39, 0.29) is 18.2 Å². The smallest absolute Gasteiger partial charge is 0.329 e. The second-order valence-electron chi connectivity index (χ2n) is 7.25. The molecular weight excluding hydrogens is 455 g/mol. The minimum atomic E-state index is -1.07. The Balaban J connectivity index is 1.52. The SMILES string of the molecule is COc1cc(/C=N\NC(=O)C(=O)Nc2ccccc2F)ccc1OCC(=O)Nc1ccc(C)cc1. The van der Waals surface area contributed by atoms with Gasteiger partial charge in [-0.1, -0.05) is 29.8 Å². The van der Waals surface area contributed by atoms with Gasteiger partial charge < -0.3 is 20.1 Å². The van der Waals surface area contributed by atoms with Gasteiger partial charge in [0.15, 0.2) is 18.1 Å². The molecule has 0 saturated heterocycles. The van der Waals surface area contributed by atoms with Gasteiger partial charge in [0, 0.05) is 5.69 Å². The summed E-state index contributed by atoms with van der Waals surface area (Å²) in [6.45, 7) is 1.72. The van der Waals surface area contributed by atoms with Gasteiger partial charge >= 0.3 is 11.8 Å². The average Bonchev–Trinajstić information content (AvgIpc) is 2.85. The molecule has 3 rings (SSSR count). The van der Waals surface area contributed by atoms with E-state index in [2.05, 4.69) is 21.2 Å². The number of methoxy groups -OCH3 is 1. The molecule has 3 aromatic rings. The number of benzene rings is 3. The largest absolute Gasteiger partial charge is 0.493 e. The predicted molar refractivity (Wildman–Crippen MR) is 129 cm³/mol. The molecule has 0 heterocycles. The van der Waals surface area contributed by atoms with Crippen molar-refractivity contribution in [3.63, 3.8) is 0 Å². The molecule has 0 spiro atoms. The molecule has 0 atom stereocenters. The summed E-state index contributed by atoms with van der Waals surface area (Å²) in [5.41, 5.74) is 4.20. The Morgan fingerprint density at radius 1 is 0.943 bits per heavy atom. The van der Waals surface area contributed by atoms with Crippen molar-refractivity contribution < 1.29 is 28.2 Å². The fourth-order valence-corrected chi connectivity index (χ4v) is 2.82. The van der Waals surface area contributed by atoms with Crippen molar-refractivity contribution in [3.8, 4) is 11.5 Å². The van der Waals surface area contributed by atoms with E-state index in [0.717, 1.165) is 11.6 Å². The lowest BCUT2D eigenvalue weighted by atomic mass is 10.2. The summed E-state index contributed by atoms with van der Waals surface area (Å²) in [6, 6.07) is 17.6. The molecule has 0 bridgehead atoms. The minimum absolute atomic E-state index is 0.121. The van der Waals surface area contributed by atoms with Crippen molar-refractivity contribution in [1.82, 2.24) is 5.43 Å². The highest BCUT2D eigenvalue weighted by Gasteiger charge is 2.15. The number of carbonyl (C=O) groups is 3. The summed E-state index contributed by atoms with van der Waals surface area (Å²) in [7, 11) is 1.43. The van der Waals surface area contributed by atoms with Crippen LogP contribution in [0, 0.1) is 12.7 Å². The topological polar surface area (TPSA) is 118 Å². The zero-order chi connectivity index (χ0) is 25.2. The molecule has 3 aromatic carbocycles. The van der Waals surface area contributed by atoms with Crippen LogP contribution in [0.1, 0.15) is 11.1 Å². The third-order valence-electron chi connectivity index (χ3n) is 4.59. The number of ether oxygens (including phenoxy) is 2. The van der Waals surface area contributed by atoms with Crippen molar-refractivity contribution in [2.75, 3.05) is 24.4 Å². The second-order valence-corrected chi connectivity index (χ2v) is 7.25. The summed E-state index contributed by atoms with van der Waals surface area (Å²) >= 11 is 0. The fraction of sp³-hybridized carbons (Fsp3) is 0.120. The molecule has 0 aromatic heterocycles. The summed E-state index contributed by atoms with van der Waals surface area (Å²) in [5.74, 6) is -2.48. The Kier molecular flexibility index (Phi) is 8.49. The van der Waals surface area contributed by atoms with Crippen LogP contribution in [-0.2, 0) is 14.4 Å². The van der Waals surface area contributed by atoms with Gasteiger partial charge in [-0.15, -0.1) is 0 Å². The maximum Gasteiger partial charge on any atom is 0.329 e. The van der Waals surface area contributed by atoms with Crippen LogP contribution in [0.3, 0.4) is 0 Å². The summed E-state index contributed by atoms with van der Waals surface area (Å²) in [6.07, 6.45) is 1.28. The normalized spacial score (nSPS) is 10.5. The van der Waals surface area contributed by atoms with E-state index in [1.807, 2.05) is 19.1 Å². The molecule has 0 aliphatic heterocycles. The summed E-state index contributed by atoms with van der Waals surface area (Å²) in [4.78, 5) is 35.9. The van der Waals surface area contributed by atoms with Gasteiger partial charge in [-0.2, -0.15) is 5.10 Å². The fourth-order valence-electron chi connectivity index (χ4n) is 2.82. The number of para-hydroxylation sites is 1. The summed E-state index contributed by atoms with van der Waals surface area (Å²) < 4.78 is 24.4. The number of hydrogen-bond acceptors (Lipinski definition) is 6. The van der Waals surface area contributed by atoms with Gasteiger partial charge in [-0.25, -0.2) is 9.82 Å². The third-order valence-corrected chi connectivity index (χ3v) is 4.59. The number of hydrazone groups is 1. The van der Waals surface area contributed by atoms with Crippen molar-refractivity contribution in [2.24, 2.45) is 5.10 Å². The first-order valence-corrected chi connectivity index (χ1v) is 10.4. The number of anilines is 2. The highest BCUT2D eigenvalue weighted by Crippen LogP contribution is 2.27. The van der Waals surface area contributed by atoms with E-state index in [9.17, 15) is 18.8 Å². The molecule has 0 fully saturated rings. The third kappa shape index (κ3) is 7.39. The van der Waals surface area contributed by atoms with Gasteiger partial charge in [0.05, 0.1) is 19.0 Å². The van der Waals surface area contributed by atoms with Crippen LogP contribution in [0.5, 0.6) is 11.5 Å². The van der Waals surface area contributed by atoms with E-state index in [0.29, 0.717) is 22.7 Å². The lowest BCUT2D eigenvalue weighted by Crippen LogP contribution is -2.32. The van der Waals surface area contributed by atoms with Gasteiger partial charge in [0.1, 0.15) is 5.82 Å². The molecule has 9 nitrogen and oxygen atoms in total. The minimum Gasteiger partial charge on any atom is -0.493 e. The van der Waals surface area contributed by atoms with Crippen molar-refractivity contribution in [3.05, 3.63) is 83.7 Å². The van der Waals surface area contributed by atoms with Gasteiger partial charge in [-0.3, -0.25) is 14.4 Å². The van der Waals surface area contributed by atoms with Crippen LogP contribution in [0.2, 0.25) is 0 Å². The highest BCUT2D eigenvalue weighted by molar-refractivity contribution is 6.39. The van der Waals surface area contributed by atoms with Crippen LogP contribution in [-0.4, -0.2) is 37.7 Å². The monoisotopic (exact) mass is 478 g/mol. The number of nitrogens with zero attached hydrogens (tertiary/aromatic N) is 1. The maximum absolute atomic E-state index is 13.6. The van der Waals surface area contributed by atoms with Crippen LogP contribution in [0.15, 0.2) is 71.8 Å². The number of carbonyl (C=O) groups excluding carboxylic acids is 3. The highest BCUT2D eigenvalue weighted by atomic mass is 19.1. The first kappa shape index (κ1) is 24.9. The second kappa shape index (κ2) is 11.9. The molecule has 0 aliphatic rings. The lowest BCUT2D eigenvalue weighted by molar-refractivity contribution is -0.136. The maximum atomic E-state index is 13.6. The molecule has 0 aliphatic carbocycles. The van der Waals surface area contributed by atoms with E-state index in [4.69, 9.17) is 9.47 Å². The molecule has 10 heteroatoms. The zero-order valence-corrected chi connectivity index (χ0v) is 19.0. The number of amides is 3. The zero-order valence-electron chi connectivity index (χ0n) is 19.0. The van der Waals surface area contributed by atoms with Crippen LogP contribution >= 0.6 is 0 Å². The van der Waals surface area contributed by atoms with Crippen molar-refractivity contribution >= 4 is 35.3 Å². The molecule has 0 unspecified atom stereocenters. The molecule has 3 N–H and O–H groups in total. The van der Waals surface area contributed by atoms with E-state index >= 15 is 0 Å². The lowest BCUT2D eigenvalue weighted by Gasteiger charge is -2.11. The Labute approximate surface area is 200 Å². The van der Waals surface area contributed by atoms with Gasteiger partial charge in [0.2, 0.25) is 0 Å². The Morgan fingerprint density at radius 2 is 1.69 bits per heavy atom. The number of rotatable bonds is 8. The Morgan fingerprint density at radius 3 is 2.40 bits per heavy atom. The van der Waals surface area contributed by atoms with Crippen LogP contribution < -0.4 is 25.5 Å². The van der Waals surface area contributed by atoms with Gasteiger partial charge in [-0.05, 0) is 55.0 Å². The number of nitrogens with one attached hydrogen (secondary N) is 3. The first-order chi connectivity index (χ1) is 16.9. The van der Waals surface area contributed by atoms with Crippen molar-refractivity contribution in [2.45, 2.75) is 6.92 Å². The van der Waals surface area contributed by atoms with Crippen molar-refractivity contribution in [1.29, 1.82) is 0 Å². The van der Waals surface area contributed by atoms with Gasteiger partial charge in [0.25, 0.3) is 5.91 Å². The summed E-state index contributed by atoms with van der Waals surface area (Å²) in [5, 5.41) is 8.61. The number of hydrogen-bond donors (Lipinski definition) is 3. The molecule has 180 valence electrons. The first-order valence-electron chi connectivity index (χ1n) is 10.4. The quantitative estimate of drug-likeness (QED) is 0.261. The van der Waals surface area contributed by atoms with E-state index in [1.54, 1.807) is 30.3 Å². The average molecular weight is 478 g/mol. The molecule has 0 saturated carbocycles. The number of halogens is 1. The standard InChI is InChI=1S/C25H23FN4O5/c1-16-7-10-18(11-8-16)28-23(31)15-35-21-12-9-17(13-22(21)34-2)14-27-30-25(33)24(32)29-20-6-4-3-5-19(20)26/h3-14H,15H2,1-2H3,(H,28,31)(H,29,32)(H,30,33)/b27-14-. The molecular formula is C25H23FN4O5. The molecule has 35 heavy (non-hydrogen) atoms. The van der Waals surface area contributed by atoms with Crippen LogP contribution in [0.25, 0.3) is 0 Å².